The van der Waals surface area contributed by atoms with E-state index in [2.05, 4.69) is 34.6 Å². The number of nitrogens with one attached hydrogen (secondary N) is 1. The monoisotopic (exact) mass is 384 g/mol. The van der Waals surface area contributed by atoms with Crippen LogP contribution >= 0.6 is 11.3 Å². The van der Waals surface area contributed by atoms with Crippen LogP contribution in [0.4, 0.5) is 0 Å². The Kier molecular flexibility index (Phi) is 6.68. The van der Waals surface area contributed by atoms with E-state index in [1.54, 1.807) is 32.7 Å². The number of ether oxygens (including phenoxy) is 3. The molecule has 0 spiro atoms. The molecule has 0 aliphatic heterocycles. The van der Waals surface area contributed by atoms with Crippen LogP contribution in [0.25, 0.3) is 10.4 Å². The predicted molar refractivity (Wildman–Crippen MR) is 109 cm³/mol. The first-order valence-electron chi connectivity index (χ1n) is 8.75. The highest BCUT2D eigenvalue weighted by molar-refractivity contribution is 7.15. The predicted octanol–water partition coefficient (Wildman–Crippen LogP) is 4.17. The van der Waals surface area contributed by atoms with Crippen LogP contribution in [0.3, 0.4) is 0 Å². The van der Waals surface area contributed by atoms with Crippen LogP contribution in [0, 0.1) is 0 Å². The molecule has 142 valence electrons. The fourth-order valence-electron chi connectivity index (χ4n) is 2.82. The fourth-order valence-corrected chi connectivity index (χ4v) is 3.70. The second-order valence-electron chi connectivity index (χ2n) is 5.94. The van der Waals surface area contributed by atoms with Gasteiger partial charge < -0.3 is 19.5 Å². The van der Waals surface area contributed by atoms with E-state index in [0.717, 1.165) is 35.0 Å². The van der Waals surface area contributed by atoms with Crippen molar-refractivity contribution in [2.45, 2.75) is 13.0 Å². The molecule has 6 heteroatoms. The van der Waals surface area contributed by atoms with Crippen LogP contribution in [0.1, 0.15) is 10.6 Å². The molecule has 1 aromatic heterocycles. The lowest BCUT2D eigenvalue weighted by Gasteiger charge is -2.13. The second-order valence-corrected chi connectivity index (χ2v) is 7.06. The summed E-state index contributed by atoms with van der Waals surface area (Å²) in [5, 5.41) is 4.50. The van der Waals surface area contributed by atoms with Gasteiger partial charge in [0.1, 0.15) is 5.01 Å². The van der Waals surface area contributed by atoms with Crippen molar-refractivity contribution in [1.29, 1.82) is 0 Å². The Labute approximate surface area is 163 Å². The van der Waals surface area contributed by atoms with E-state index in [4.69, 9.17) is 14.2 Å². The maximum Gasteiger partial charge on any atom is 0.203 e. The van der Waals surface area contributed by atoms with Gasteiger partial charge in [0.25, 0.3) is 0 Å². The van der Waals surface area contributed by atoms with Gasteiger partial charge in [-0.1, -0.05) is 30.3 Å². The summed E-state index contributed by atoms with van der Waals surface area (Å²) in [5.74, 6) is 1.88. The van der Waals surface area contributed by atoms with Crippen LogP contribution in [-0.4, -0.2) is 32.9 Å². The Balaban J connectivity index is 1.65. The lowest BCUT2D eigenvalue weighted by molar-refractivity contribution is 0.324. The van der Waals surface area contributed by atoms with E-state index in [-0.39, 0.29) is 0 Å². The molecule has 1 heterocycles. The molecule has 3 rings (SSSR count). The lowest BCUT2D eigenvalue weighted by atomic mass is 10.1. The van der Waals surface area contributed by atoms with Gasteiger partial charge in [0.05, 0.1) is 26.2 Å². The Hall–Kier alpha value is -2.57. The Bertz CT molecular complexity index is 840. The number of rotatable bonds is 9. The molecular formula is C21H24N2O3S. The summed E-state index contributed by atoms with van der Waals surface area (Å²) in [4.78, 5) is 5.60. The standard InChI is InChI=1S/C21H24N2O3S/c1-24-17-11-16(12-18(25-2)21(17)26-3)19-13-23-20(27-19)14-22-10-9-15-7-5-4-6-8-15/h4-8,11-13,22H,9-10,14H2,1-3H3. The summed E-state index contributed by atoms with van der Waals surface area (Å²) in [7, 11) is 4.84. The molecular weight excluding hydrogens is 360 g/mol. The molecule has 0 atom stereocenters. The van der Waals surface area contributed by atoms with Gasteiger partial charge in [-0.25, -0.2) is 4.98 Å². The highest BCUT2D eigenvalue weighted by Gasteiger charge is 2.15. The minimum Gasteiger partial charge on any atom is -0.493 e. The molecule has 0 saturated carbocycles. The third kappa shape index (κ3) is 4.78. The van der Waals surface area contributed by atoms with Crippen molar-refractivity contribution >= 4 is 11.3 Å². The van der Waals surface area contributed by atoms with Gasteiger partial charge in [-0.05, 0) is 30.7 Å². The van der Waals surface area contributed by atoms with Gasteiger partial charge in [0, 0.05) is 18.3 Å². The molecule has 0 saturated heterocycles. The van der Waals surface area contributed by atoms with Gasteiger partial charge in [-0.15, -0.1) is 11.3 Å². The van der Waals surface area contributed by atoms with Crippen molar-refractivity contribution in [2.24, 2.45) is 0 Å². The zero-order valence-corrected chi connectivity index (χ0v) is 16.6. The average Bonchev–Trinajstić information content (AvgIpc) is 3.19. The number of nitrogens with zero attached hydrogens (tertiary/aromatic N) is 1. The summed E-state index contributed by atoms with van der Waals surface area (Å²) >= 11 is 1.66. The first kappa shape index (κ1) is 19.2. The fraction of sp³-hybridized carbons (Fsp3) is 0.286. The molecule has 1 N–H and O–H groups in total. The zero-order chi connectivity index (χ0) is 19.1. The summed E-state index contributed by atoms with van der Waals surface area (Å²) in [5.41, 5.74) is 2.33. The largest absolute Gasteiger partial charge is 0.493 e. The summed E-state index contributed by atoms with van der Waals surface area (Å²) in [6, 6.07) is 14.4. The first-order valence-corrected chi connectivity index (χ1v) is 9.56. The third-order valence-electron chi connectivity index (χ3n) is 4.21. The smallest absolute Gasteiger partial charge is 0.203 e. The highest BCUT2D eigenvalue weighted by atomic mass is 32.1. The van der Waals surface area contributed by atoms with Crippen molar-refractivity contribution in [3.8, 4) is 27.7 Å². The minimum absolute atomic E-state index is 0.594. The number of methoxy groups -OCH3 is 3. The maximum absolute atomic E-state index is 5.44. The van der Waals surface area contributed by atoms with Crippen LogP contribution in [0.5, 0.6) is 17.2 Å². The Morgan fingerprint density at radius 1 is 0.963 bits per heavy atom. The van der Waals surface area contributed by atoms with E-state index in [0.29, 0.717) is 17.2 Å². The number of hydrogen-bond donors (Lipinski definition) is 1. The first-order chi connectivity index (χ1) is 13.2. The van der Waals surface area contributed by atoms with E-state index in [9.17, 15) is 0 Å². The number of benzene rings is 2. The summed E-state index contributed by atoms with van der Waals surface area (Å²) in [6.07, 6.45) is 2.89. The maximum atomic E-state index is 5.44. The van der Waals surface area contributed by atoms with Crippen LogP contribution in [0.2, 0.25) is 0 Å². The molecule has 3 aromatic rings. The van der Waals surface area contributed by atoms with Crippen molar-refractivity contribution in [2.75, 3.05) is 27.9 Å². The molecule has 27 heavy (non-hydrogen) atoms. The van der Waals surface area contributed by atoms with Gasteiger partial charge in [0.2, 0.25) is 5.75 Å². The highest BCUT2D eigenvalue weighted by Crippen LogP contribution is 2.42. The SMILES string of the molecule is COc1cc(-c2cnc(CNCCc3ccccc3)s2)cc(OC)c1OC. The average molecular weight is 385 g/mol. The Morgan fingerprint density at radius 3 is 2.30 bits per heavy atom. The van der Waals surface area contributed by atoms with Crippen molar-refractivity contribution < 1.29 is 14.2 Å². The van der Waals surface area contributed by atoms with Crippen LogP contribution < -0.4 is 19.5 Å². The van der Waals surface area contributed by atoms with Crippen molar-refractivity contribution in [3.05, 3.63) is 59.2 Å². The number of hydrogen-bond acceptors (Lipinski definition) is 6. The second kappa shape index (κ2) is 9.39. The Morgan fingerprint density at radius 2 is 1.67 bits per heavy atom. The van der Waals surface area contributed by atoms with E-state index < -0.39 is 0 Å². The number of aromatic nitrogens is 1. The molecule has 0 bridgehead atoms. The van der Waals surface area contributed by atoms with E-state index in [1.807, 2.05) is 24.4 Å². The van der Waals surface area contributed by atoms with Crippen LogP contribution in [-0.2, 0) is 13.0 Å². The summed E-state index contributed by atoms with van der Waals surface area (Å²) in [6.45, 7) is 1.67. The van der Waals surface area contributed by atoms with Gasteiger partial charge in [0.15, 0.2) is 11.5 Å². The molecule has 0 aliphatic carbocycles. The quantitative estimate of drug-likeness (QED) is 0.561. The molecule has 5 nitrogen and oxygen atoms in total. The molecule has 0 aliphatic rings. The van der Waals surface area contributed by atoms with Gasteiger partial charge in [-0.3, -0.25) is 0 Å². The van der Waals surface area contributed by atoms with Crippen molar-refractivity contribution in [3.63, 3.8) is 0 Å². The number of thiazole rings is 1. The normalized spacial score (nSPS) is 10.6. The van der Waals surface area contributed by atoms with E-state index >= 15 is 0 Å². The lowest BCUT2D eigenvalue weighted by Crippen LogP contribution is -2.16. The molecule has 2 aromatic carbocycles. The minimum atomic E-state index is 0.594. The summed E-state index contributed by atoms with van der Waals surface area (Å²) < 4.78 is 16.3. The molecule has 0 radical (unpaired) electrons. The molecule has 0 unspecified atom stereocenters. The molecule has 0 amide bonds. The van der Waals surface area contributed by atoms with Crippen LogP contribution in [0.15, 0.2) is 48.7 Å². The topological polar surface area (TPSA) is 52.6 Å². The van der Waals surface area contributed by atoms with Gasteiger partial charge >= 0.3 is 0 Å². The zero-order valence-electron chi connectivity index (χ0n) is 15.8. The van der Waals surface area contributed by atoms with E-state index in [1.165, 1.54) is 5.56 Å². The van der Waals surface area contributed by atoms with Crippen molar-refractivity contribution in [1.82, 2.24) is 10.3 Å². The van der Waals surface area contributed by atoms with Gasteiger partial charge in [-0.2, -0.15) is 0 Å². The third-order valence-corrected chi connectivity index (χ3v) is 5.26. The molecule has 0 fully saturated rings.